The molecule has 0 aromatic heterocycles. The Bertz CT molecular complexity index is 383. The predicted molar refractivity (Wildman–Crippen MR) is 56.1 cm³/mol. The molecule has 0 fully saturated rings. The number of carbonyl (C=O) groups excluding carboxylic acids is 1. The van der Waals surface area contributed by atoms with Gasteiger partial charge >= 0.3 is 6.09 Å². The summed E-state index contributed by atoms with van der Waals surface area (Å²) in [4.78, 5) is 10.6. The third kappa shape index (κ3) is 2.36. The molecule has 1 aromatic rings. The van der Waals surface area contributed by atoms with Crippen LogP contribution in [0.3, 0.4) is 0 Å². The summed E-state index contributed by atoms with van der Waals surface area (Å²) in [5, 5.41) is 0. The topological polar surface area (TPSA) is 52.3 Å². The molecule has 0 spiro atoms. The van der Waals surface area contributed by atoms with Gasteiger partial charge in [-0.05, 0) is 31.6 Å². The summed E-state index contributed by atoms with van der Waals surface area (Å²) < 4.78 is 4.84. The lowest BCUT2D eigenvalue weighted by Crippen LogP contribution is -2.16. The number of allylic oxidation sites excluding steroid dienone is 1. The number of ether oxygens (including phenoxy) is 1. The molecule has 0 aliphatic rings. The Hall–Kier alpha value is -1.77. The number of benzene rings is 1. The van der Waals surface area contributed by atoms with Crippen molar-refractivity contribution in [2.45, 2.75) is 13.8 Å². The summed E-state index contributed by atoms with van der Waals surface area (Å²) in [6, 6.07) is 5.47. The van der Waals surface area contributed by atoms with Gasteiger partial charge in [-0.1, -0.05) is 18.2 Å². The van der Waals surface area contributed by atoms with Crippen molar-refractivity contribution in [3.8, 4) is 5.75 Å². The first-order valence-electron chi connectivity index (χ1n) is 4.24. The second-order valence-electron chi connectivity index (χ2n) is 3.20. The molecular weight excluding hydrogens is 178 g/mol. The normalized spacial score (nSPS) is 9.57. The van der Waals surface area contributed by atoms with Gasteiger partial charge in [-0.3, -0.25) is 0 Å². The number of aryl methyl sites for hydroxylation is 1. The minimum absolute atomic E-state index is 0.454. The first-order chi connectivity index (χ1) is 6.50. The van der Waals surface area contributed by atoms with Gasteiger partial charge in [-0.2, -0.15) is 0 Å². The van der Waals surface area contributed by atoms with Gasteiger partial charge in [0.15, 0.2) is 0 Å². The van der Waals surface area contributed by atoms with Crippen LogP contribution >= 0.6 is 0 Å². The first kappa shape index (κ1) is 10.3. The van der Waals surface area contributed by atoms with Gasteiger partial charge < -0.3 is 10.5 Å². The highest BCUT2D eigenvalue weighted by Gasteiger charge is 2.06. The van der Waals surface area contributed by atoms with E-state index in [9.17, 15) is 4.79 Å². The van der Waals surface area contributed by atoms with Crippen LogP contribution in [0.25, 0.3) is 5.57 Å². The Labute approximate surface area is 83.2 Å². The lowest BCUT2D eigenvalue weighted by molar-refractivity contribution is 0.210. The zero-order valence-corrected chi connectivity index (χ0v) is 8.33. The maximum atomic E-state index is 10.6. The van der Waals surface area contributed by atoms with Crippen molar-refractivity contribution in [1.82, 2.24) is 0 Å². The van der Waals surface area contributed by atoms with Crippen LogP contribution in [0.1, 0.15) is 18.1 Å². The van der Waals surface area contributed by atoms with Crippen LogP contribution in [0.4, 0.5) is 4.79 Å². The molecule has 0 unspecified atom stereocenters. The summed E-state index contributed by atoms with van der Waals surface area (Å²) in [7, 11) is 0. The first-order valence-corrected chi connectivity index (χ1v) is 4.24. The van der Waals surface area contributed by atoms with E-state index in [1.807, 2.05) is 26.0 Å². The summed E-state index contributed by atoms with van der Waals surface area (Å²) in [6.45, 7) is 7.61. The number of hydrogen-bond acceptors (Lipinski definition) is 2. The quantitative estimate of drug-likeness (QED) is 0.780. The van der Waals surface area contributed by atoms with Crippen LogP contribution in [0.15, 0.2) is 24.8 Å². The smallest absolute Gasteiger partial charge is 0.409 e. The molecule has 0 saturated heterocycles. The van der Waals surface area contributed by atoms with Crippen LogP contribution in [-0.4, -0.2) is 6.09 Å². The maximum absolute atomic E-state index is 10.6. The molecule has 0 bridgehead atoms. The van der Waals surface area contributed by atoms with E-state index in [-0.39, 0.29) is 0 Å². The summed E-state index contributed by atoms with van der Waals surface area (Å²) in [6.07, 6.45) is -0.809. The second kappa shape index (κ2) is 3.96. The molecular formula is C11H13NO2. The van der Waals surface area contributed by atoms with Gasteiger partial charge in [-0.15, -0.1) is 0 Å². The fourth-order valence-electron chi connectivity index (χ4n) is 1.17. The number of amides is 1. The van der Waals surface area contributed by atoms with Gasteiger partial charge in [0.25, 0.3) is 0 Å². The van der Waals surface area contributed by atoms with Crippen LogP contribution in [0, 0.1) is 6.92 Å². The third-order valence-corrected chi connectivity index (χ3v) is 1.81. The Morgan fingerprint density at radius 2 is 2.14 bits per heavy atom. The monoisotopic (exact) mass is 191 g/mol. The van der Waals surface area contributed by atoms with Gasteiger partial charge in [-0.25, -0.2) is 4.79 Å². The van der Waals surface area contributed by atoms with E-state index in [0.717, 1.165) is 16.7 Å². The zero-order chi connectivity index (χ0) is 10.7. The summed E-state index contributed by atoms with van der Waals surface area (Å²) in [5.74, 6) is 0.454. The average Bonchev–Trinajstić information content (AvgIpc) is 2.07. The van der Waals surface area contributed by atoms with E-state index in [2.05, 4.69) is 6.58 Å². The van der Waals surface area contributed by atoms with Crippen molar-refractivity contribution in [2.24, 2.45) is 5.73 Å². The molecule has 0 aliphatic heterocycles. The van der Waals surface area contributed by atoms with E-state index >= 15 is 0 Å². The second-order valence-corrected chi connectivity index (χ2v) is 3.20. The zero-order valence-electron chi connectivity index (χ0n) is 8.33. The average molecular weight is 191 g/mol. The van der Waals surface area contributed by atoms with Gasteiger partial charge in [0.05, 0.1) is 0 Å². The standard InChI is InChI=1S/C11H13NO2/c1-7(2)9-6-8(3)4-5-10(9)14-11(12)13/h4-6H,1H2,2-3H3,(H2,12,13). The summed E-state index contributed by atoms with van der Waals surface area (Å²) >= 11 is 0. The minimum atomic E-state index is -0.809. The Morgan fingerprint density at radius 3 is 2.64 bits per heavy atom. The lowest BCUT2D eigenvalue weighted by atomic mass is 10.1. The Morgan fingerprint density at radius 1 is 1.50 bits per heavy atom. The van der Waals surface area contributed by atoms with Crippen LogP contribution in [0.2, 0.25) is 0 Å². The molecule has 74 valence electrons. The van der Waals surface area contributed by atoms with Crippen LogP contribution in [-0.2, 0) is 0 Å². The van der Waals surface area contributed by atoms with Gasteiger partial charge in [0.2, 0.25) is 0 Å². The fraction of sp³-hybridized carbons (Fsp3) is 0.182. The molecule has 0 atom stereocenters. The SMILES string of the molecule is C=C(C)c1cc(C)ccc1OC(N)=O. The van der Waals surface area contributed by atoms with Crippen molar-refractivity contribution in [2.75, 3.05) is 0 Å². The maximum Gasteiger partial charge on any atom is 0.409 e. The Kier molecular flexibility index (Phi) is 2.92. The number of carbonyl (C=O) groups is 1. The van der Waals surface area contributed by atoms with Crippen molar-refractivity contribution in [3.05, 3.63) is 35.9 Å². The largest absolute Gasteiger partial charge is 0.410 e. The highest BCUT2D eigenvalue weighted by molar-refractivity contribution is 5.74. The number of rotatable bonds is 2. The minimum Gasteiger partial charge on any atom is -0.410 e. The number of nitrogens with two attached hydrogens (primary N) is 1. The van der Waals surface area contributed by atoms with Crippen molar-refractivity contribution < 1.29 is 9.53 Å². The Balaban J connectivity index is 3.14. The van der Waals surface area contributed by atoms with Gasteiger partial charge in [0, 0.05) is 5.56 Å². The molecule has 3 nitrogen and oxygen atoms in total. The van der Waals surface area contributed by atoms with Crippen molar-refractivity contribution in [3.63, 3.8) is 0 Å². The third-order valence-electron chi connectivity index (χ3n) is 1.81. The summed E-state index contributed by atoms with van der Waals surface area (Å²) in [5.41, 5.74) is 7.67. The number of hydrogen-bond donors (Lipinski definition) is 1. The highest BCUT2D eigenvalue weighted by Crippen LogP contribution is 2.25. The van der Waals surface area contributed by atoms with E-state index in [1.165, 1.54) is 0 Å². The molecule has 1 rings (SSSR count). The van der Waals surface area contributed by atoms with E-state index in [4.69, 9.17) is 10.5 Å². The number of primary amides is 1. The molecule has 0 saturated carbocycles. The van der Waals surface area contributed by atoms with E-state index in [0.29, 0.717) is 5.75 Å². The van der Waals surface area contributed by atoms with Crippen molar-refractivity contribution in [1.29, 1.82) is 0 Å². The van der Waals surface area contributed by atoms with Crippen LogP contribution in [0.5, 0.6) is 5.75 Å². The predicted octanol–water partition coefficient (Wildman–Crippen LogP) is 2.49. The molecule has 0 radical (unpaired) electrons. The van der Waals surface area contributed by atoms with Crippen molar-refractivity contribution >= 4 is 11.7 Å². The van der Waals surface area contributed by atoms with E-state index in [1.54, 1.807) is 6.07 Å². The molecule has 0 heterocycles. The molecule has 1 aromatic carbocycles. The molecule has 3 heteroatoms. The molecule has 2 N–H and O–H groups in total. The lowest BCUT2D eigenvalue weighted by Gasteiger charge is -2.08. The molecule has 14 heavy (non-hydrogen) atoms. The highest BCUT2D eigenvalue weighted by atomic mass is 16.5. The molecule has 1 amide bonds. The van der Waals surface area contributed by atoms with Gasteiger partial charge in [0.1, 0.15) is 5.75 Å². The fourth-order valence-corrected chi connectivity index (χ4v) is 1.17. The van der Waals surface area contributed by atoms with E-state index < -0.39 is 6.09 Å². The van der Waals surface area contributed by atoms with Crippen LogP contribution < -0.4 is 10.5 Å². The molecule has 0 aliphatic carbocycles.